The molecule has 4 nitrogen and oxygen atoms in total. The Morgan fingerprint density at radius 1 is 1.09 bits per heavy atom. The first-order chi connectivity index (χ1) is 15.9. The zero-order valence-electron chi connectivity index (χ0n) is 18.4. The summed E-state index contributed by atoms with van der Waals surface area (Å²) in [7, 11) is 0. The second-order valence-electron chi connectivity index (χ2n) is 8.36. The van der Waals surface area contributed by atoms with Crippen LogP contribution in [0.3, 0.4) is 0 Å². The van der Waals surface area contributed by atoms with Gasteiger partial charge in [0.15, 0.2) is 0 Å². The van der Waals surface area contributed by atoms with Crippen LogP contribution < -0.4 is 0 Å². The molecule has 0 aromatic heterocycles. The van der Waals surface area contributed by atoms with E-state index in [0.717, 1.165) is 6.42 Å². The molecule has 0 saturated carbocycles. The van der Waals surface area contributed by atoms with Gasteiger partial charge >= 0.3 is 12.4 Å². The summed E-state index contributed by atoms with van der Waals surface area (Å²) < 4.78 is 91.7. The summed E-state index contributed by atoms with van der Waals surface area (Å²) in [6.45, 7) is 1.13. The van der Waals surface area contributed by atoms with Crippen molar-refractivity contribution in [1.29, 1.82) is 0 Å². The molecule has 1 unspecified atom stereocenters. The van der Waals surface area contributed by atoms with Crippen LogP contribution in [0.1, 0.15) is 55.4 Å². The van der Waals surface area contributed by atoms with E-state index in [1.807, 2.05) is 6.08 Å². The van der Waals surface area contributed by atoms with Gasteiger partial charge in [-0.05, 0) is 61.6 Å². The predicted octanol–water partition coefficient (Wildman–Crippen LogP) is 5.86. The molecule has 2 aliphatic rings. The molecule has 1 aliphatic carbocycles. The Labute approximate surface area is 193 Å². The Morgan fingerprint density at radius 2 is 1.74 bits per heavy atom. The minimum absolute atomic E-state index is 0.0156. The van der Waals surface area contributed by atoms with Gasteiger partial charge in [-0.15, -0.1) is 0 Å². The number of aliphatic hydroxyl groups is 2. The monoisotopic (exact) mass is 492 g/mol. The van der Waals surface area contributed by atoms with Crippen molar-refractivity contribution in [1.82, 2.24) is 0 Å². The van der Waals surface area contributed by atoms with Gasteiger partial charge in [-0.3, -0.25) is 0 Å². The van der Waals surface area contributed by atoms with Gasteiger partial charge in [0.25, 0.3) is 0 Å². The Hall–Kier alpha value is -2.30. The second-order valence-corrected chi connectivity index (χ2v) is 8.36. The van der Waals surface area contributed by atoms with E-state index in [1.165, 1.54) is 19.3 Å². The predicted molar refractivity (Wildman–Crippen MR) is 111 cm³/mol. The van der Waals surface area contributed by atoms with E-state index in [-0.39, 0.29) is 31.3 Å². The number of alkyl halides is 6. The topological polar surface area (TPSA) is 58.9 Å². The molecule has 188 valence electrons. The quantitative estimate of drug-likeness (QED) is 0.370. The van der Waals surface area contributed by atoms with Crippen molar-refractivity contribution in [2.75, 3.05) is 13.2 Å². The van der Waals surface area contributed by atoms with Crippen molar-refractivity contribution < 1.29 is 46.0 Å². The van der Waals surface area contributed by atoms with Crippen LogP contribution >= 0.6 is 0 Å². The molecule has 1 aliphatic heterocycles. The maximum absolute atomic E-state index is 13.3. The zero-order chi connectivity index (χ0) is 25.1. The minimum Gasteiger partial charge on any atom is -0.497 e. The normalized spacial score (nSPS) is 23.1. The van der Waals surface area contributed by atoms with Crippen molar-refractivity contribution in [3.8, 4) is 0 Å². The molecule has 0 saturated heterocycles. The summed E-state index contributed by atoms with van der Waals surface area (Å²) in [6, 6.07) is 1.40. The Morgan fingerprint density at radius 3 is 2.26 bits per heavy atom. The molecule has 0 spiro atoms. The third kappa shape index (κ3) is 5.84. The number of allylic oxidation sites excluding steroid dienone is 1. The van der Waals surface area contributed by atoms with Gasteiger partial charge in [-0.2, -0.15) is 26.3 Å². The van der Waals surface area contributed by atoms with E-state index in [4.69, 9.17) is 9.47 Å². The SMILES string of the molecule is C[C@@H](OC1(C2=C([C@H](O)CCO)C=COC2)C=CCCC1)c1cc(C(F)(F)F)cc(C(F)(F)F)c1. The Bertz CT molecular complexity index is 931. The lowest BCUT2D eigenvalue weighted by molar-refractivity contribution is -0.143. The first-order valence-electron chi connectivity index (χ1n) is 10.8. The number of halogens is 6. The van der Waals surface area contributed by atoms with E-state index >= 15 is 0 Å². The maximum Gasteiger partial charge on any atom is 0.416 e. The first-order valence-corrected chi connectivity index (χ1v) is 10.8. The van der Waals surface area contributed by atoms with E-state index in [2.05, 4.69) is 0 Å². The van der Waals surface area contributed by atoms with Gasteiger partial charge in [0.2, 0.25) is 0 Å². The summed E-state index contributed by atoms with van der Waals surface area (Å²) >= 11 is 0. The fourth-order valence-electron chi connectivity index (χ4n) is 4.25. The second kappa shape index (κ2) is 10.1. The van der Waals surface area contributed by atoms with Crippen molar-refractivity contribution in [3.05, 3.63) is 70.5 Å². The smallest absolute Gasteiger partial charge is 0.416 e. The highest BCUT2D eigenvalue weighted by atomic mass is 19.4. The molecule has 1 aromatic carbocycles. The lowest BCUT2D eigenvalue weighted by Gasteiger charge is -2.40. The molecule has 0 radical (unpaired) electrons. The summed E-state index contributed by atoms with van der Waals surface area (Å²) in [5.74, 6) is 0. The van der Waals surface area contributed by atoms with Crippen LogP contribution in [0.15, 0.2) is 53.8 Å². The fraction of sp³-hybridized carbons (Fsp3) is 0.500. The molecule has 34 heavy (non-hydrogen) atoms. The van der Waals surface area contributed by atoms with Gasteiger partial charge < -0.3 is 19.7 Å². The number of rotatable bonds is 7. The van der Waals surface area contributed by atoms with Crippen molar-refractivity contribution in [3.63, 3.8) is 0 Å². The standard InChI is InChI=1S/C24H26F6O4/c1-15(16-11-17(23(25,26)27)13-18(12-16)24(28,29)30)34-22(7-3-2-4-8-22)20-14-33-10-6-19(20)21(32)5-9-31/h3,6-7,10-13,15,21,31-32H,2,4-5,8-9,14H2,1H3/t15-,21-,22?/m1/s1. The first kappa shape index (κ1) is 26.3. The largest absolute Gasteiger partial charge is 0.497 e. The number of hydrogen-bond acceptors (Lipinski definition) is 4. The van der Waals surface area contributed by atoms with Crippen LogP contribution in [0.4, 0.5) is 26.3 Å². The summed E-state index contributed by atoms with van der Waals surface area (Å²) in [5.41, 5.74) is -3.35. The third-order valence-corrected chi connectivity index (χ3v) is 5.96. The van der Waals surface area contributed by atoms with Gasteiger partial charge in [0, 0.05) is 18.6 Å². The Balaban J connectivity index is 2.06. The molecule has 0 fully saturated rings. The third-order valence-electron chi connectivity index (χ3n) is 5.96. The molecule has 3 rings (SSSR count). The lowest BCUT2D eigenvalue weighted by atomic mass is 9.79. The van der Waals surface area contributed by atoms with Crippen molar-refractivity contribution in [2.45, 2.75) is 62.8 Å². The van der Waals surface area contributed by atoms with E-state index < -0.39 is 41.3 Å². The highest BCUT2D eigenvalue weighted by Gasteiger charge is 2.41. The average molecular weight is 492 g/mol. The molecule has 1 aromatic rings. The molecule has 3 atom stereocenters. The fourth-order valence-corrected chi connectivity index (χ4v) is 4.25. The van der Waals surface area contributed by atoms with E-state index in [9.17, 15) is 36.6 Å². The minimum atomic E-state index is -4.97. The number of ether oxygens (including phenoxy) is 2. The highest BCUT2D eigenvalue weighted by molar-refractivity contribution is 5.42. The van der Waals surface area contributed by atoms with Gasteiger partial charge in [0.05, 0.1) is 29.6 Å². The zero-order valence-corrected chi connectivity index (χ0v) is 18.4. The molecule has 1 heterocycles. The molecule has 2 N–H and O–H groups in total. The van der Waals surface area contributed by atoms with Crippen LogP contribution in [0.5, 0.6) is 0 Å². The molecule has 10 heteroatoms. The Kier molecular flexibility index (Phi) is 7.84. The van der Waals surface area contributed by atoms with Gasteiger partial charge in [-0.25, -0.2) is 0 Å². The van der Waals surface area contributed by atoms with Crippen LogP contribution in [-0.4, -0.2) is 35.1 Å². The number of benzene rings is 1. The van der Waals surface area contributed by atoms with Crippen LogP contribution in [0.2, 0.25) is 0 Å². The van der Waals surface area contributed by atoms with Crippen LogP contribution in [0.25, 0.3) is 0 Å². The van der Waals surface area contributed by atoms with Gasteiger partial charge in [-0.1, -0.05) is 12.2 Å². The highest BCUT2D eigenvalue weighted by Crippen LogP contribution is 2.43. The molecule has 0 bridgehead atoms. The lowest BCUT2D eigenvalue weighted by Crippen LogP contribution is -2.39. The maximum atomic E-state index is 13.3. The molecular weight excluding hydrogens is 466 g/mol. The van der Waals surface area contributed by atoms with Crippen LogP contribution in [-0.2, 0) is 21.8 Å². The van der Waals surface area contributed by atoms with Crippen molar-refractivity contribution in [2.24, 2.45) is 0 Å². The summed E-state index contributed by atoms with van der Waals surface area (Å²) in [5, 5.41) is 19.8. The average Bonchev–Trinajstić information content (AvgIpc) is 2.78. The summed E-state index contributed by atoms with van der Waals surface area (Å²) in [6.07, 6.45) is -3.88. The van der Waals surface area contributed by atoms with E-state index in [1.54, 1.807) is 6.08 Å². The molecule has 0 amide bonds. The van der Waals surface area contributed by atoms with E-state index in [0.29, 0.717) is 36.1 Å². The van der Waals surface area contributed by atoms with Gasteiger partial charge in [0.1, 0.15) is 12.2 Å². The van der Waals surface area contributed by atoms with Crippen molar-refractivity contribution >= 4 is 0 Å². The summed E-state index contributed by atoms with van der Waals surface area (Å²) in [4.78, 5) is 0. The number of aliphatic hydroxyl groups excluding tert-OH is 2. The number of hydrogen-bond donors (Lipinski definition) is 2. The van der Waals surface area contributed by atoms with Crippen LogP contribution in [0, 0.1) is 0 Å². The molecular formula is C24H26F6O4.